The van der Waals surface area contributed by atoms with Gasteiger partial charge in [-0.2, -0.15) is 0 Å². The van der Waals surface area contributed by atoms with Crippen molar-refractivity contribution in [2.24, 2.45) is 0 Å². The fraction of sp³-hybridized carbons (Fsp3) is 0.615. The van der Waals surface area contributed by atoms with Crippen molar-refractivity contribution < 1.29 is 14.3 Å². The monoisotopic (exact) mass is 252 g/mol. The standard InChI is InChI=1S/C13H20N2O3/c1-5-18-12(16)13(2,3)11-14-8-10(9-15-11)6-7-17-4/h8-9H,5-7H2,1-4H3. The average Bonchev–Trinajstić information content (AvgIpc) is 2.37. The van der Waals surface area contributed by atoms with E-state index in [0.717, 1.165) is 12.0 Å². The minimum absolute atomic E-state index is 0.311. The Morgan fingerprint density at radius 1 is 1.33 bits per heavy atom. The minimum Gasteiger partial charge on any atom is -0.465 e. The molecule has 0 saturated heterocycles. The number of rotatable bonds is 6. The molecule has 18 heavy (non-hydrogen) atoms. The number of hydrogen-bond acceptors (Lipinski definition) is 5. The molecular formula is C13H20N2O3. The lowest BCUT2D eigenvalue weighted by Crippen LogP contribution is -2.33. The van der Waals surface area contributed by atoms with Crippen LogP contribution in [0.15, 0.2) is 12.4 Å². The number of esters is 1. The molecule has 0 spiro atoms. The maximum Gasteiger partial charge on any atom is 0.319 e. The maximum absolute atomic E-state index is 11.8. The summed E-state index contributed by atoms with van der Waals surface area (Å²) in [5, 5.41) is 0. The normalized spacial score (nSPS) is 11.3. The zero-order valence-electron chi connectivity index (χ0n) is 11.4. The van der Waals surface area contributed by atoms with E-state index in [0.29, 0.717) is 19.0 Å². The van der Waals surface area contributed by atoms with Gasteiger partial charge in [0.1, 0.15) is 11.2 Å². The Bertz CT molecular complexity index is 388. The summed E-state index contributed by atoms with van der Waals surface area (Å²) < 4.78 is 10.0. The van der Waals surface area contributed by atoms with Crippen LogP contribution in [0, 0.1) is 0 Å². The quantitative estimate of drug-likeness (QED) is 0.718. The molecule has 0 bridgehead atoms. The lowest BCUT2D eigenvalue weighted by molar-refractivity contribution is -0.149. The lowest BCUT2D eigenvalue weighted by atomic mass is 9.92. The zero-order valence-corrected chi connectivity index (χ0v) is 11.4. The van der Waals surface area contributed by atoms with Crippen molar-refractivity contribution >= 4 is 5.97 Å². The lowest BCUT2D eigenvalue weighted by Gasteiger charge is -2.20. The smallest absolute Gasteiger partial charge is 0.319 e. The van der Waals surface area contributed by atoms with E-state index in [-0.39, 0.29) is 5.97 Å². The van der Waals surface area contributed by atoms with Crippen LogP contribution < -0.4 is 0 Å². The molecule has 0 N–H and O–H groups in total. The highest BCUT2D eigenvalue weighted by Gasteiger charge is 2.34. The molecule has 1 aromatic rings. The molecule has 0 radical (unpaired) electrons. The molecule has 5 heteroatoms. The van der Waals surface area contributed by atoms with Crippen LogP contribution in [0.5, 0.6) is 0 Å². The molecule has 0 aromatic carbocycles. The molecule has 0 aliphatic carbocycles. The molecule has 100 valence electrons. The third-order valence-corrected chi connectivity index (χ3v) is 2.64. The van der Waals surface area contributed by atoms with Crippen LogP contribution in [-0.4, -0.2) is 36.3 Å². The van der Waals surface area contributed by atoms with E-state index in [1.807, 2.05) is 0 Å². The minimum atomic E-state index is -0.824. The first-order valence-corrected chi connectivity index (χ1v) is 6.00. The Balaban J connectivity index is 2.80. The molecule has 0 aliphatic rings. The third kappa shape index (κ3) is 3.50. The zero-order chi connectivity index (χ0) is 13.6. The van der Waals surface area contributed by atoms with Gasteiger partial charge in [-0.15, -0.1) is 0 Å². The first-order valence-electron chi connectivity index (χ1n) is 6.00. The third-order valence-electron chi connectivity index (χ3n) is 2.64. The molecule has 1 rings (SSSR count). The highest BCUT2D eigenvalue weighted by atomic mass is 16.5. The SMILES string of the molecule is CCOC(=O)C(C)(C)c1ncc(CCOC)cn1. The molecule has 1 heterocycles. The van der Waals surface area contributed by atoms with Gasteiger partial charge in [0.25, 0.3) is 0 Å². The van der Waals surface area contributed by atoms with Crippen LogP contribution in [0.3, 0.4) is 0 Å². The largest absolute Gasteiger partial charge is 0.465 e. The molecule has 0 amide bonds. The van der Waals surface area contributed by atoms with E-state index in [1.165, 1.54) is 0 Å². The van der Waals surface area contributed by atoms with Gasteiger partial charge in [-0.05, 0) is 32.8 Å². The number of methoxy groups -OCH3 is 1. The maximum atomic E-state index is 11.8. The fourth-order valence-electron chi connectivity index (χ4n) is 1.43. The molecule has 0 aliphatic heterocycles. The van der Waals surface area contributed by atoms with E-state index >= 15 is 0 Å². The summed E-state index contributed by atoms with van der Waals surface area (Å²) in [5.74, 6) is 0.164. The Morgan fingerprint density at radius 2 is 1.94 bits per heavy atom. The number of carbonyl (C=O) groups excluding carboxylic acids is 1. The second-order valence-corrected chi connectivity index (χ2v) is 4.50. The molecule has 0 atom stereocenters. The van der Waals surface area contributed by atoms with Gasteiger partial charge in [0, 0.05) is 19.5 Å². The summed E-state index contributed by atoms with van der Waals surface area (Å²) in [4.78, 5) is 20.3. The van der Waals surface area contributed by atoms with Gasteiger partial charge < -0.3 is 9.47 Å². The number of ether oxygens (including phenoxy) is 2. The van der Waals surface area contributed by atoms with Crippen molar-refractivity contribution in [2.45, 2.75) is 32.6 Å². The first kappa shape index (κ1) is 14.6. The van der Waals surface area contributed by atoms with Gasteiger partial charge in [0.2, 0.25) is 0 Å². The van der Waals surface area contributed by atoms with Gasteiger partial charge >= 0.3 is 5.97 Å². The molecular weight excluding hydrogens is 232 g/mol. The predicted molar refractivity (Wildman–Crippen MR) is 67.3 cm³/mol. The predicted octanol–water partition coefficient (Wildman–Crippen LogP) is 1.51. The molecule has 0 unspecified atom stereocenters. The van der Waals surface area contributed by atoms with Crippen LogP contribution in [0.1, 0.15) is 32.2 Å². The first-order chi connectivity index (χ1) is 8.52. The van der Waals surface area contributed by atoms with E-state index in [4.69, 9.17) is 9.47 Å². The highest BCUT2D eigenvalue weighted by Crippen LogP contribution is 2.21. The Labute approximate surface area is 108 Å². The van der Waals surface area contributed by atoms with Gasteiger partial charge in [-0.1, -0.05) is 0 Å². The van der Waals surface area contributed by atoms with E-state index < -0.39 is 5.41 Å². The van der Waals surface area contributed by atoms with Crippen molar-refractivity contribution in [1.82, 2.24) is 9.97 Å². The fourth-order valence-corrected chi connectivity index (χ4v) is 1.43. The molecule has 5 nitrogen and oxygen atoms in total. The second-order valence-electron chi connectivity index (χ2n) is 4.50. The second kappa shape index (κ2) is 6.44. The number of nitrogens with zero attached hydrogens (tertiary/aromatic N) is 2. The highest BCUT2D eigenvalue weighted by molar-refractivity contribution is 5.80. The van der Waals surface area contributed by atoms with Gasteiger partial charge in [0.05, 0.1) is 13.2 Å². The summed E-state index contributed by atoms with van der Waals surface area (Å²) in [5.41, 5.74) is 0.163. The molecule has 1 aromatic heterocycles. The average molecular weight is 252 g/mol. The van der Waals surface area contributed by atoms with Crippen LogP contribution >= 0.6 is 0 Å². The van der Waals surface area contributed by atoms with Crippen LogP contribution in [0.25, 0.3) is 0 Å². The summed E-state index contributed by atoms with van der Waals surface area (Å²) in [6.45, 7) is 6.28. The van der Waals surface area contributed by atoms with E-state index in [9.17, 15) is 4.79 Å². The van der Waals surface area contributed by atoms with Crippen molar-refractivity contribution in [3.8, 4) is 0 Å². The van der Waals surface area contributed by atoms with Gasteiger partial charge in [-0.3, -0.25) is 4.79 Å². The summed E-state index contributed by atoms with van der Waals surface area (Å²) in [6.07, 6.45) is 4.21. The summed E-state index contributed by atoms with van der Waals surface area (Å²) in [7, 11) is 1.65. The van der Waals surface area contributed by atoms with E-state index in [1.54, 1.807) is 40.3 Å². The van der Waals surface area contributed by atoms with Gasteiger partial charge in [-0.25, -0.2) is 9.97 Å². The van der Waals surface area contributed by atoms with Crippen LogP contribution in [0.2, 0.25) is 0 Å². The Morgan fingerprint density at radius 3 is 2.44 bits per heavy atom. The van der Waals surface area contributed by atoms with Crippen molar-refractivity contribution in [3.63, 3.8) is 0 Å². The van der Waals surface area contributed by atoms with E-state index in [2.05, 4.69) is 9.97 Å². The van der Waals surface area contributed by atoms with Crippen LogP contribution in [-0.2, 0) is 26.1 Å². The number of carbonyl (C=O) groups is 1. The Kier molecular flexibility index (Phi) is 5.22. The molecule has 0 fully saturated rings. The van der Waals surface area contributed by atoms with Gasteiger partial charge in [0.15, 0.2) is 0 Å². The summed E-state index contributed by atoms with van der Waals surface area (Å²) >= 11 is 0. The topological polar surface area (TPSA) is 61.3 Å². The van der Waals surface area contributed by atoms with Crippen LogP contribution in [0.4, 0.5) is 0 Å². The number of aromatic nitrogens is 2. The molecule has 0 saturated carbocycles. The summed E-state index contributed by atoms with van der Waals surface area (Å²) in [6, 6.07) is 0. The van der Waals surface area contributed by atoms with Crippen molar-refractivity contribution in [1.29, 1.82) is 0 Å². The Hall–Kier alpha value is -1.49. The van der Waals surface area contributed by atoms with Crippen molar-refractivity contribution in [2.75, 3.05) is 20.3 Å². The van der Waals surface area contributed by atoms with Crippen molar-refractivity contribution in [3.05, 3.63) is 23.8 Å². The number of hydrogen-bond donors (Lipinski definition) is 0.